The van der Waals surface area contributed by atoms with Gasteiger partial charge in [0.1, 0.15) is 0 Å². The van der Waals surface area contributed by atoms with Crippen molar-refractivity contribution in [1.29, 1.82) is 0 Å². The maximum Gasteiger partial charge on any atom is 0.252 e. The van der Waals surface area contributed by atoms with Gasteiger partial charge in [0, 0.05) is 7.05 Å². The Hall–Kier alpha value is -1.87. The van der Waals surface area contributed by atoms with Crippen LogP contribution in [-0.4, -0.2) is 23.2 Å². The zero-order chi connectivity index (χ0) is 12.4. The van der Waals surface area contributed by atoms with E-state index in [4.69, 9.17) is 5.21 Å². The number of fused-ring (bicyclic) bond motifs is 1. The van der Waals surface area contributed by atoms with E-state index in [9.17, 15) is 4.79 Å². The molecule has 0 aliphatic heterocycles. The number of hydroxylamine groups is 2. The summed E-state index contributed by atoms with van der Waals surface area (Å²) < 4.78 is 0. The van der Waals surface area contributed by atoms with Crippen LogP contribution in [0.2, 0.25) is 0 Å². The van der Waals surface area contributed by atoms with Crippen molar-refractivity contribution in [3.8, 4) is 0 Å². The van der Waals surface area contributed by atoms with Gasteiger partial charge < -0.3 is 0 Å². The molecule has 0 saturated heterocycles. The predicted octanol–water partition coefficient (Wildman–Crippen LogP) is 2.79. The van der Waals surface area contributed by atoms with Crippen LogP contribution in [-0.2, 0) is 4.79 Å². The second kappa shape index (κ2) is 4.55. The van der Waals surface area contributed by atoms with Gasteiger partial charge in [-0.3, -0.25) is 10.0 Å². The highest BCUT2D eigenvalue weighted by molar-refractivity contribution is 5.87. The molecule has 0 aliphatic carbocycles. The van der Waals surface area contributed by atoms with Crippen LogP contribution in [0.1, 0.15) is 18.4 Å². The molecule has 1 amide bonds. The number of carbonyl (C=O) groups is 1. The minimum atomic E-state index is -0.338. The monoisotopic (exact) mass is 229 g/mol. The molecule has 3 nitrogen and oxygen atoms in total. The number of amides is 1. The number of carbonyl (C=O) groups excluding carboxylic acids is 1. The molecule has 2 aromatic carbocycles. The molecule has 0 bridgehead atoms. The number of likely N-dealkylation sites (N-methyl/N-ethyl adjacent to an activating group) is 1. The first-order chi connectivity index (χ1) is 8.09. The lowest BCUT2D eigenvalue weighted by Gasteiger charge is -2.15. The van der Waals surface area contributed by atoms with E-state index in [1.54, 1.807) is 6.92 Å². The van der Waals surface area contributed by atoms with E-state index < -0.39 is 0 Å². The van der Waals surface area contributed by atoms with Crippen molar-refractivity contribution < 1.29 is 10.0 Å². The third-order valence-electron chi connectivity index (χ3n) is 2.96. The summed E-state index contributed by atoms with van der Waals surface area (Å²) in [6.07, 6.45) is 0. The molecule has 0 unspecified atom stereocenters. The predicted molar refractivity (Wildman–Crippen MR) is 66.9 cm³/mol. The molecule has 0 spiro atoms. The van der Waals surface area contributed by atoms with Gasteiger partial charge in [-0.15, -0.1) is 0 Å². The van der Waals surface area contributed by atoms with Crippen molar-refractivity contribution in [1.82, 2.24) is 5.06 Å². The number of rotatable bonds is 2. The molecule has 2 rings (SSSR count). The maximum atomic E-state index is 11.7. The number of nitrogens with zero attached hydrogens (tertiary/aromatic N) is 1. The van der Waals surface area contributed by atoms with Gasteiger partial charge in [0.05, 0.1) is 5.92 Å². The normalized spacial score (nSPS) is 12.4. The Morgan fingerprint density at radius 3 is 2.47 bits per heavy atom. The molecule has 0 saturated carbocycles. The summed E-state index contributed by atoms with van der Waals surface area (Å²) in [5.41, 5.74) is 0.912. The lowest BCUT2D eigenvalue weighted by atomic mass is 9.97. The second-order valence-corrected chi connectivity index (χ2v) is 4.19. The van der Waals surface area contributed by atoms with E-state index in [1.807, 2.05) is 42.5 Å². The van der Waals surface area contributed by atoms with Gasteiger partial charge in [-0.2, -0.15) is 0 Å². The molecular formula is C14H15NO2. The summed E-state index contributed by atoms with van der Waals surface area (Å²) in [6, 6.07) is 13.9. The average molecular weight is 229 g/mol. The highest BCUT2D eigenvalue weighted by Crippen LogP contribution is 2.22. The van der Waals surface area contributed by atoms with Crippen LogP contribution in [0, 0.1) is 0 Å². The molecular weight excluding hydrogens is 214 g/mol. The number of hydrogen-bond acceptors (Lipinski definition) is 2. The summed E-state index contributed by atoms with van der Waals surface area (Å²) in [5.74, 6) is -0.644. The van der Waals surface area contributed by atoms with E-state index in [2.05, 4.69) is 0 Å². The Morgan fingerprint density at radius 2 is 1.82 bits per heavy atom. The zero-order valence-electron chi connectivity index (χ0n) is 9.92. The molecule has 0 heterocycles. The van der Waals surface area contributed by atoms with Crippen molar-refractivity contribution in [2.75, 3.05) is 7.05 Å². The first kappa shape index (κ1) is 11.6. The third kappa shape index (κ3) is 2.29. The summed E-state index contributed by atoms with van der Waals surface area (Å²) in [7, 11) is 1.35. The molecule has 0 aromatic heterocycles. The fourth-order valence-corrected chi connectivity index (χ4v) is 1.90. The van der Waals surface area contributed by atoms with E-state index >= 15 is 0 Å². The lowest BCUT2D eigenvalue weighted by molar-refractivity contribution is -0.160. The molecule has 0 radical (unpaired) electrons. The van der Waals surface area contributed by atoms with Gasteiger partial charge in [-0.05, 0) is 23.3 Å². The fourth-order valence-electron chi connectivity index (χ4n) is 1.90. The molecule has 2 aromatic rings. The average Bonchev–Trinajstić information content (AvgIpc) is 2.36. The van der Waals surface area contributed by atoms with Crippen molar-refractivity contribution in [3.63, 3.8) is 0 Å². The van der Waals surface area contributed by atoms with Crippen LogP contribution in [0.25, 0.3) is 10.8 Å². The van der Waals surface area contributed by atoms with Crippen molar-refractivity contribution >= 4 is 16.7 Å². The quantitative estimate of drug-likeness (QED) is 0.635. The molecule has 88 valence electrons. The Balaban J connectivity index is 2.39. The Bertz CT molecular complexity index is 549. The standard InChI is InChI=1S/C14H15NO2/c1-10(14(16)15(2)17)12-8-7-11-5-3-4-6-13(11)9-12/h3-10,17H,1-2H3/t10-/m0/s1. The number of hydrogen-bond donors (Lipinski definition) is 1. The fraction of sp³-hybridized carbons (Fsp3) is 0.214. The van der Waals surface area contributed by atoms with Crippen LogP contribution < -0.4 is 0 Å². The van der Waals surface area contributed by atoms with Gasteiger partial charge in [0.2, 0.25) is 0 Å². The highest BCUT2D eigenvalue weighted by atomic mass is 16.5. The first-order valence-electron chi connectivity index (χ1n) is 5.55. The molecule has 17 heavy (non-hydrogen) atoms. The van der Waals surface area contributed by atoms with E-state index in [-0.39, 0.29) is 11.8 Å². The minimum absolute atomic E-state index is 0.305. The summed E-state index contributed by atoms with van der Waals surface area (Å²) in [5, 5.41) is 12.0. The summed E-state index contributed by atoms with van der Waals surface area (Å²) in [6.45, 7) is 1.79. The zero-order valence-corrected chi connectivity index (χ0v) is 9.92. The summed E-state index contributed by atoms with van der Waals surface area (Å²) >= 11 is 0. The molecule has 1 atom stereocenters. The van der Waals surface area contributed by atoms with Crippen LogP contribution in [0.15, 0.2) is 42.5 Å². The lowest BCUT2D eigenvalue weighted by Crippen LogP contribution is -2.27. The Kier molecular flexibility index (Phi) is 3.11. The van der Waals surface area contributed by atoms with Crippen LogP contribution in [0.4, 0.5) is 0 Å². The highest BCUT2D eigenvalue weighted by Gasteiger charge is 2.18. The smallest absolute Gasteiger partial charge is 0.252 e. The molecule has 3 heteroatoms. The van der Waals surface area contributed by atoms with Crippen molar-refractivity contribution in [3.05, 3.63) is 48.0 Å². The summed E-state index contributed by atoms with van der Waals surface area (Å²) in [4.78, 5) is 11.7. The van der Waals surface area contributed by atoms with Crippen LogP contribution >= 0.6 is 0 Å². The largest absolute Gasteiger partial charge is 0.286 e. The maximum absolute atomic E-state index is 11.7. The molecule has 0 aliphatic rings. The number of benzene rings is 2. The van der Waals surface area contributed by atoms with Gasteiger partial charge in [-0.25, -0.2) is 5.06 Å². The Morgan fingerprint density at radius 1 is 1.18 bits per heavy atom. The van der Waals surface area contributed by atoms with Crippen molar-refractivity contribution in [2.45, 2.75) is 12.8 Å². The minimum Gasteiger partial charge on any atom is -0.286 e. The molecule has 0 fully saturated rings. The molecule has 1 N–H and O–H groups in total. The third-order valence-corrected chi connectivity index (χ3v) is 2.96. The Labute approximate surface area is 100 Å². The van der Waals surface area contributed by atoms with Crippen molar-refractivity contribution in [2.24, 2.45) is 0 Å². The van der Waals surface area contributed by atoms with Gasteiger partial charge in [0.25, 0.3) is 5.91 Å². The first-order valence-corrected chi connectivity index (χ1v) is 5.55. The van der Waals surface area contributed by atoms with E-state index in [1.165, 1.54) is 7.05 Å². The van der Waals surface area contributed by atoms with E-state index in [0.29, 0.717) is 5.06 Å². The van der Waals surface area contributed by atoms with Crippen LogP contribution in [0.5, 0.6) is 0 Å². The van der Waals surface area contributed by atoms with E-state index in [0.717, 1.165) is 16.3 Å². The van der Waals surface area contributed by atoms with Gasteiger partial charge >= 0.3 is 0 Å². The van der Waals surface area contributed by atoms with Crippen LogP contribution in [0.3, 0.4) is 0 Å². The van der Waals surface area contributed by atoms with Gasteiger partial charge in [0.15, 0.2) is 0 Å². The van der Waals surface area contributed by atoms with Gasteiger partial charge in [-0.1, -0.05) is 42.5 Å². The topological polar surface area (TPSA) is 40.5 Å². The second-order valence-electron chi connectivity index (χ2n) is 4.19. The SMILES string of the molecule is C[C@H](C(=O)N(C)O)c1ccc2ccccc2c1.